The highest BCUT2D eigenvalue weighted by Gasteiger charge is 2.18. The van der Waals surface area contributed by atoms with E-state index in [1.54, 1.807) is 6.07 Å². The number of nitro groups is 1. The topological polar surface area (TPSA) is 127 Å². The lowest BCUT2D eigenvalue weighted by Crippen LogP contribution is -2.29. The van der Waals surface area contributed by atoms with Crippen molar-refractivity contribution in [1.82, 2.24) is 19.7 Å². The number of hydrogen-bond acceptors (Lipinski definition) is 5. The summed E-state index contributed by atoms with van der Waals surface area (Å²) in [5.41, 5.74) is -1.27. The van der Waals surface area contributed by atoms with Gasteiger partial charge in [0.1, 0.15) is 5.69 Å². The second-order valence-corrected chi connectivity index (χ2v) is 4.00. The maximum atomic E-state index is 11.3. The lowest BCUT2D eigenvalue weighted by molar-refractivity contribution is -0.384. The number of nitro benzene ring substituents is 1. The molecule has 2 N–H and O–H groups in total. The second-order valence-electron chi connectivity index (χ2n) is 4.00. The molecule has 3 aromatic rings. The van der Waals surface area contributed by atoms with Gasteiger partial charge in [0.2, 0.25) is 0 Å². The van der Waals surface area contributed by atoms with Gasteiger partial charge in [0, 0.05) is 18.5 Å². The highest BCUT2D eigenvalue weighted by molar-refractivity contribution is 5.81. The minimum atomic E-state index is -0.862. The van der Waals surface area contributed by atoms with E-state index in [0.29, 0.717) is 0 Å². The molecule has 2 heterocycles. The molecule has 0 aliphatic heterocycles. The molecule has 0 atom stereocenters. The van der Waals surface area contributed by atoms with Crippen molar-refractivity contribution in [3.63, 3.8) is 0 Å². The fraction of sp³-hybridized carbons (Fsp3) is 0. The van der Waals surface area contributed by atoms with Gasteiger partial charge < -0.3 is 9.97 Å². The third kappa shape index (κ3) is 1.77. The summed E-state index contributed by atoms with van der Waals surface area (Å²) in [5, 5.41) is 15.0. The van der Waals surface area contributed by atoms with E-state index in [2.05, 4.69) is 15.1 Å². The minimum absolute atomic E-state index is 0.178. The van der Waals surface area contributed by atoms with E-state index in [1.807, 2.05) is 0 Å². The summed E-state index contributed by atoms with van der Waals surface area (Å²) in [4.78, 5) is 37.7. The van der Waals surface area contributed by atoms with Crippen LogP contribution in [0.2, 0.25) is 0 Å². The van der Waals surface area contributed by atoms with Crippen LogP contribution in [0, 0.1) is 10.1 Å². The molecule has 0 bridgehead atoms. The van der Waals surface area contributed by atoms with E-state index in [4.69, 9.17) is 0 Å². The molecule has 0 unspecified atom stereocenters. The number of H-pyrrole nitrogens is 2. The van der Waals surface area contributed by atoms with Crippen LogP contribution in [0.5, 0.6) is 0 Å². The van der Waals surface area contributed by atoms with Crippen LogP contribution in [0.15, 0.2) is 40.2 Å². The summed E-state index contributed by atoms with van der Waals surface area (Å²) < 4.78 is 1.31. The van der Waals surface area contributed by atoms with E-state index in [-0.39, 0.29) is 22.4 Å². The third-order valence-electron chi connectivity index (χ3n) is 2.77. The molecule has 9 nitrogen and oxygen atoms in total. The van der Waals surface area contributed by atoms with E-state index in [1.165, 1.54) is 29.2 Å². The Morgan fingerprint density at radius 3 is 2.35 bits per heavy atom. The molecule has 3 rings (SSSR count). The first kappa shape index (κ1) is 11.8. The van der Waals surface area contributed by atoms with E-state index in [9.17, 15) is 19.7 Å². The van der Waals surface area contributed by atoms with Gasteiger partial charge in [0.05, 0.1) is 16.0 Å². The zero-order valence-corrected chi connectivity index (χ0v) is 9.86. The molecule has 0 spiro atoms. The number of nitrogens with zero attached hydrogens (tertiary/aromatic N) is 3. The number of nitrogens with one attached hydrogen (secondary N) is 2. The lowest BCUT2D eigenvalue weighted by Gasteiger charge is -2.05. The normalized spacial score (nSPS) is 10.8. The summed E-state index contributed by atoms with van der Waals surface area (Å²) in [6, 6.07) is 4.19. The van der Waals surface area contributed by atoms with Crippen LogP contribution in [-0.2, 0) is 0 Å². The Hall–Kier alpha value is -3.23. The van der Waals surface area contributed by atoms with Crippen LogP contribution in [0.4, 0.5) is 5.69 Å². The molecule has 0 saturated carbocycles. The molecular weight excluding hydrogens is 266 g/mol. The zero-order valence-electron chi connectivity index (χ0n) is 9.86. The Balaban J connectivity index is 2.41. The van der Waals surface area contributed by atoms with Gasteiger partial charge in [0.15, 0.2) is 0 Å². The Morgan fingerprint density at radius 2 is 1.80 bits per heavy atom. The van der Waals surface area contributed by atoms with Crippen LogP contribution < -0.4 is 11.1 Å². The molecule has 0 radical (unpaired) electrons. The highest BCUT2D eigenvalue weighted by atomic mass is 16.6. The van der Waals surface area contributed by atoms with Gasteiger partial charge in [0.25, 0.3) is 5.69 Å². The van der Waals surface area contributed by atoms with Crippen molar-refractivity contribution in [3.05, 3.63) is 61.4 Å². The van der Waals surface area contributed by atoms with Gasteiger partial charge >= 0.3 is 11.1 Å². The lowest BCUT2D eigenvalue weighted by atomic mass is 10.2. The van der Waals surface area contributed by atoms with Crippen molar-refractivity contribution >= 4 is 16.7 Å². The molecule has 0 fully saturated rings. The molecular formula is C11H7N5O4. The van der Waals surface area contributed by atoms with Crippen LogP contribution in [0.3, 0.4) is 0 Å². The summed E-state index contributed by atoms with van der Waals surface area (Å²) in [7, 11) is 0. The smallest absolute Gasteiger partial charge is 0.314 e. The fourth-order valence-electron chi connectivity index (χ4n) is 1.88. The average molecular weight is 273 g/mol. The molecule has 0 aliphatic carbocycles. The molecule has 0 aliphatic rings. The Kier molecular flexibility index (Phi) is 2.46. The monoisotopic (exact) mass is 273 g/mol. The van der Waals surface area contributed by atoms with E-state index < -0.39 is 16.0 Å². The van der Waals surface area contributed by atoms with Gasteiger partial charge in [-0.2, -0.15) is 5.10 Å². The van der Waals surface area contributed by atoms with Gasteiger partial charge in [-0.1, -0.05) is 0 Å². The largest absolute Gasteiger partial charge is 0.316 e. The fourth-order valence-corrected chi connectivity index (χ4v) is 1.88. The second kappa shape index (κ2) is 4.16. The standard InChI is InChI=1S/C11H7N5O4/c17-10-11(18)14-7-5-9(16(19)20)8(4-6(7)13-10)15-3-1-2-12-15/h1-5H,(H,13,17)(H,14,18). The van der Waals surface area contributed by atoms with Gasteiger partial charge in [-0.3, -0.25) is 19.7 Å². The number of aromatic amines is 2. The Labute approximate surface area is 109 Å². The third-order valence-corrected chi connectivity index (χ3v) is 2.77. The number of fused-ring (bicyclic) bond motifs is 1. The van der Waals surface area contributed by atoms with Gasteiger partial charge in [-0.05, 0) is 12.1 Å². The van der Waals surface area contributed by atoms with Crippen molar-refractivity contribution in [1.29, 1.82) is 0 Å². The zero-order chi connectivity index (χ0) is 14.3. The number of hydrogen-bond donors (Lipinski definition) is 2. The van der Waals surface area contributed by atoms with Crippen molar-refractivity contribution in [2.45, 2.75) is 0 Å². The first-order chi connectivity index (χ1) is 9.56. The van der Waals surface area contributed by atoms with Crippen molar-refractivity contribution in [3.8, 4) is 5.69 Å². The predicted octanol–water partition coefficient (Wildman–Crippen LogP) is 0.310. The summed E-state index contributed by atoms with van der Waals surface area (Å²) in [6.07, 6.45) is 3.02. The first-order valence-corrected chi connectivity index (χ1v) is 5.51. The number of benzene rings is 1. The predicted molar refractivity (Wildman–Crippen MR) is 69.0 cm³/mol. The summed E-state index contributed by atoms with van der Waals surface area (Å²) in [6.45, 7) is 0. The Bertz CT molecular complexity index is 922. The Morgan fingerprint density at radius 1 is 1.15 bits per heavy atom. The van der Waals surface area contributed by atoms with Crippen LogP contribution >= 0.6 is 0 Å². The molecule has 20 heavy (non-hydrogen) atoms. The first-order valence-electron chi connectivity index (χ1n) is 5.51. The average Bonchev–Trinajstić information content (AvgIpc) is 2.92. The SMILES string of the molecule is O=c1[nH]c2cc(-n3cccn3)c([N+](=O)[O-])cc2[nH]c1=O. The van der Waals surface area contributed by atoms with E-state index in [0.717, 1.165) is 0 Å². The molecule has 0 amide bonds. The van der Waals surface area contributed by atoms with Crippen molar-refractivity contribution in [2.24, 2.45) is 0 Å². The minimum Gasteiger partial charge on any atom is -0.316 e. The molecule has 9 heteroatoms. The molecule has 0 saturated heterocycles. The van der Waals surface area contributed by atoms with Crippen LogP contribution in [-0.4, -0.2) is 24.7 Å². The quantitative estimate of drug-likeness (QED) is 0.394. The molecule has 1 aromatic carbocycles. The molecule has 2 aromatic heterocycles. The molecule has 100 valence electrons. The maximum Gasteiger partial charge on any atom is 0.314 e. The number of aromatic nitrogens is 4. The van der Waals surface area contributed by atoms with Crippen LogP contribution in [0.1, 0.15) is 0 Å². The van der Waals surface area contributed by atoms with E-state index >= 15 is 0 Å². The van der Waals surface area contributed by atoms with Crippen LogP contribution in [0.25, 0.3) is 16.7 Å². The van der Waals surface area contributed by atoms with Crippen molar-refractivity contribution < 1.29 is 4.92 Å². The highest BCUT2D eigenvalue weighted by Crippen LogP contribution is 2.25. The summed E-state index contributed by atoms with van der Waals surface area (Å²) in [5.74, 6) is 0. The number of rotatable bonds is 2. The van der Waals surface area contributed by atoms with Gasteiger partial charge in [-0.15, -0.1) is 0 Å². The summed E-state index contributed by atoms with van der Waals surface area (Å²) >= 11 is 0. The maximum absolute atomic E-state index is 11.3. The van der Waals surface area contributed by atoms with Crippen molar-refractivity contribution in [2.75, 3.05) is 0 Å². The van der Waals surface area contributed by atoms with Gasteiger partial charge in [-0.25, -0.2) is 4.68 Å².